The third kappa shape index (κ3) is 5.54. The fraction of sp³-hybridized carbons (Fsp3) is 0.714. The van der Waals surface area contributed by atoms with E-state index in [1.54, 1.807) is 10.9 Å². The van der Waals surface area contributed by atoms with E-state index in [-0.39, 0.29) is 7.92 Å². The fourth-order valence-electron chi connectivity index (χ4n) is 3.61. The van der Waals surface area contributed by atoms with Crippen molar-refractivity contribution in [1.29, 1.82) is 0 Å². The van der Waals surface area contributed by atoms with E-state index in [0.717, 1.165) is 0 Å². The van der Waals surface area contributed by atoms with Crippen molar-refractivity contribution in [2.75, 3.05) is 32.3 Å². The first-order chi connectivity index (χ1) is 10.2. The predicted octanol–water partition coefficient (Wildman–Crippen LogP) is 6.40. The van der Waals surface area contributed by atoms with Crippen molar-refractivity contribution in [1.82, 2.24) is 0 Å². The van der Waals surface area contributed by atoms with E-state index in [1.165, 1.54) is 18.7 Å². The summed E-state index contributed by atoms with van der Waals surface area (Å²) >= 11 is 0. The van der Waals surface area contributed by atoms with Crippen molar-refractivity contribution in [2.45, 2.75) is 65.2 Å². The van der Waals surface area contributed by atoms with E-state index < -0.39 is 6.60 Å². The van der Waals surface area contributed by atoms with Gasteiger partial charge in [-0.15, -0.1) is 0 Å². The second-order valence-corrected chi connectivity index (χ2v) is 21.6. The molecule has 0 N–H and O–H groups in total. The van der Waals surface area contributed by atoms with Crippen LogP contribution in [0.3, 0.4) is 0 Å². The molecule has 0 aliphatic rings. The fourth-order valence-corrected chi connectivity index (χ4v) is 9.66. The Bertz CT molecular complexity index is 507. The van der Waals surface area contributed by atoms with Gasteiger partial charge in [0.1, 0.15) is 0 Å². The van der Waals surface area contributed by atoms with Gasteiger partial charge in [0.15, 0.2) is 0 Å². The third-order valence-electron chi connectivity index (χ3n) is 5.22. The molecule has 0 saturated heterocycles. The Morgan fingerprint density at radius 3 is 1.78 bits per heavy atom. The van der Waals surface area contributed by atoms with Crippen LogP contribution in [0.1, 0.15) is 54.0 Å². The van der Waals surface area contributed by atoms with E-state index in [1.807, 2.05) is 0 Å². The summed E-state index contributed by atoms with van der Waals surface area (Å²) in [6.45, 7) is 22.8. The van der Waals surface area contributed by atoms with Gasteiger partial charge in [-0.25, -0.2) is 0 Å². The molecule has 0 amide bonds. The van der Waals surface area contributed by atoms with Gasteiger partial charge in [0, 0.05) is 0 Å². The van der Waals surface area contributed by atoms with Crippen LogP contribution in [0, 0.1) is 0 Å². The second-order valence-electron chi connectivity index (χ2n) is 10.3. The average Bonchev–Trinajstić information content (AvgIpc) is 2.36. The monoisotopic (exact) mass is 354 g/mol. The molecule has 0 atom stereocenters. The zero-order valence-corrected chi connectivity index (χ0v) is 19.1. The van der Waals surface area contributed by atoms with E-state index in [2.05, 4.69) is 92.7 Å². The molecule has 1 aromatic rings. The normalized spacial score (nSPS) is 15.5. The van der Waals surface area contributed by atoms with Crippen molar-refractivity contribution >= 4 is 19.8 Å². The molecule has 0 aromatic heterocycles. The average molecular weight is 354 g/mol. The van der Waals surface area contributed by atoms with Crippen LogP contribution in [0.4, 0.5) is 0 Å². The molecule has 0 aliphatic carbocycles. The maximum absolute atomic E-state index is 2.53. The van der Waals surface area contributed by atoms with Gasteiger partial charge >= 0.3 is 147 Å². The Balaban J connectivity index is 3.12. The third-order valence-corrected chi connectivity index (χ3v) is 13.6. The van der Waals surface area contributed by atoms with Crippen LogP contribution in [0.5, 0.6) is 0 Å². The van der Waals surface area contributed by atoms with Crippen LogP contribution in [0.2, 0.25) is 0 Å². The molecule has 0 unspecified atom stereocenters. The van der Waals surface area contributed by atoms with Gasteiger partial charge in [-0.3, -0.25) is 0 Å². The summed E-state index contributed by atoms with van der Waals surface area (Å²) in [6, 6.07) is 9.27. The predicted molar refractivity (Wildman–Crippen MR) is 116 cm³/mol. The quantitative estimate of drug-likeness (QED) is 0.537. The minimum atomic E-state index is -1.73. The van der Waals surface area contributed by atoms with Crippen molar-refractivity contribution in [3.63, 3.8) is 0 Å². The summed E-state index contributed by atoms with van der Waals surface area (Å²) < 4.78 is 0. The van der Waals surface area contributed by atoms with Crippen LogP contribution in [0.15, 0.2) is 24.3 Å². The molecule has 2 heteroatoms. The number of aryl methyl sites for hydroxylation is 1. The van der Waals surface area contributed by atoms with Crippen molar-refractivity contribution in [2.24, 2.45) is 0 Å². The summed E-state index contributed by atoms with van der Waals surface area (Å²) in [5, 5.41) is 2.51. The van der Waals surface area contributed by atoms with Crippen molar-refractivity contribution in [3.8, 4) is 0 Å². The van der Waals surface area contributed by atoms with Gasteiger partial charge in [0.2, 0.25) is 0 Å². The SMILES string of the molecule is CCP(C)(C)(C)c1ccccc1CCP(C(C)(C)C)C(C)(C)C. The van der Waals surface area contributed by atoms with E-state index in [9.17, 15) is 0 Å². The Morgan fingerprint density at radius 2 is 1.35 bits per heavy atom. The molecule has 0 heterocycles. The molecule has 0 saturated carbocycles. The Morgan fingerprint density at radius 1 is 0.870 bits per heavy atom. The Kier molecular flexibility index (Phi) is 6.21. The summed E-state index contributed by atoms with van der Waals surface area (Å²) in [7, 11) is -0.0210. The first-order valence-corrected chi connectivity index (χ1v) is 14.3. The number of benzene rings is 1. The summed E-state index contributed by atoms with van der Waals surface area (Å²) in [4.78, 5) is 0. The van der Waals surface area contributed by atoms with Gasteiger partial charge in [0.25, 0.3) is 0 Å². The van der Waals surface area contributed by atoms with Gasteiger partial charge < -0.3 is 0 Å². The molecule has 0 nitrogen and oxygen atoms in total. The number of rotatable bonds is 5. The molecule has 0 spiro atoms. The van der Waals surface area contributed by atoms with Gasteiger partial charge in [-0.1, -0.05) is 0 Å². The first kappa shape index (κ1) is 21.1. The van der Waals surface area contributed by atoms with Crippen LogP contribution in [-0.2, 0) is 6.42 Å². The van der Waals surface area contributed by atoms with Crippen LogP contribution in [-0.4, -0.2) is 42.6 Å². The van der Waals surface area contributed by atoms with Gasteiger partial charge in [-0.05, 0) is 0 Å². The summed E-state index contributed by atoms with van der Waals surface area (Å²) in [5.41, 5.74) is 1.61. The number of hydrogen-bond acceptors (Lipinski definition) is 0. The maximum atomic E-state index is 2.53. The van der Waals surface area contributed by atoms with Crippen LogP contribution in [0.25, 0.3) is 0 Å². The number of hydrogen-bond donors (Lipinski definition) is 0. The van der Waals surface area contributed by atoms with Crippen LogP contribution >= 0.6 is 14.5 Å². The molecule has 134 valence electrons. The van der Waals surface area contributed by atoms with Crippen LogP contribution < -0.4 is 5.30 Å². The molecule has 0 aliphatic heterocycles. The zero-order valence-electron chi connectivity index (χ0n) is 17.3. The van der Waals surface area contributed by atoms with Gasteiger partial charge in [-0.2, -0.15) is 0 Å². The topological polar surface area (TPSA) is 0 Å². The van der Waals surface area contributed by atoms with Crippen molar-refractivity contribution < 1.29 is 0 Å². The summed E-state index contributed by atoms with van der Waals surface area (Å²) in [5.74, 6) is 0. The van der Waals surface area contributed by atoms with E-state index in [0.29, 0.717) is 10.3 Å². The zero-order chi connectivity index (χ0) is 18.1. The molecule has 23 heavy (non-hydrogen) atoms. The molecule has 1 rings (SSSR count). The Hall–Kier alpha value is 0.0800. The van der Waals surface area contributed by atoms with E-state index in [4.69, 9.17) is 0 Å². The Labute approximate surface area is 147 Å². The summed E-state index contributed by atoms with van der Waals surface area (Å²) in [6.07, 6.45) is 3.87. The molecule has 1 aromatic carbocycles. The molecule has 0 radical (unpaired) electrons. The minimum absolute atomic E-state index is 0.0210. The first-order valence-electron chi connectivity index (χ1n) is 9.03. The van der Waals surface area contributed by atoms with Gasteiger partial charge in [0.05, 0.1) is 0 Å². The molecular formula is C21H40P2. The molecular weight excluding hydrogens is 314 g/mol. The second kappa shape index (κ2) is 6.77. The standard InChI is InChI=1S/C21H40P2/c1-11-23(8,9,10)19-15-13-12-14-18(19)16-17-22(20(2,3)4)21(5,6)7/h12-15H,11,16-17H2,1-10H3. The van der Waals surface area contributed by atoms with Crippen molar-refractivity contribution in [3.05, 3.63) is 29.8 Å². The molecule has 0 bridgehead atoms. The van der Waals surface area contributed by atoms with E-state index >= 15 is 0 Å². The molecule has 0 fully saturated rings.